The van der Waals surface area contributed by atoms with E-state index in [1.807, 2.05) is 12.1 Å². The summed E-state index contributed by atoms with van der Waals surface area (Å²) >= 11 is 0. The minimum atomic E-state index is -0.123. The Bertz CT molecular complexity index is 496. The van der Waals surface area contributed by atoms with E-state index in [0.29, 0.717) is 0 Å². The lowest BCUT2D eigenvalue weighted by molar-refractivity contribution is 0.140. The Hall–Kier alpha value is -0.970. The van der Waals surface area contributed by atoms with Crippen molar-refractivity contribution >= 4 is 0 Å². The number of halogens is 1. The Labute approximate surface area is 145 Å². The van der Waals surface area contributed by atoms with Crippen molar-refractivity contribution in [2.24, 2.45) is 11.8 Å². The van der Waals surface area contributed by atoms with Gasteiger partial charge in [0.1, 0.15) is 5.82 Å². The van der Waals surface area contributed by atoms with Crippen molar-refractivity contribution in [1.29, 1.82) is 0 Å². The zero-order valence-electron chi connectivity index (χ0n) is 14.9. The maximum atomic E-state index is 13.2. The van der Waals surface area contributed by atoms with Gasteiger partial charge in [-0.1, -0.05) is 12.1 Å². The van der Waals surface area contributed by atoms with Gasteiger partial charge in [-0.05, 0) is 75.4 Å². The predicted molar refractivity (Wildman–Crippen MR) is 95.7 cm³/mol. The second-order valence-corrected chi connectivity index (χ2v) is 7.62. The third kappa shape index (κ3) is 5.54. The fourth-order valence-corrected chi connectivity index (χ4v) is 4.06. The fraction of sp³-hybridized carbons (Fsp3) is 0.700. The number of piperidine rings is 1. The molecule has 134 valence electrons. The van der Waals surface area contributed by atoms with Gasteiger partial charge < -0.3 is 14.5 Å². The highest BCUT2D eigenvalue weighted by atomic mass is 19.1. The van der Waals surface area contributed by atoms with Crippen molar-refractivity contribution in [3.63, 3.8) is 0 Å². The highest BCUT2D eigenvalue weighted by Crippen LogP contribution is 2.20. The van der Waals surface area contributed by atoms with E-state index in [1.165, 1.54) is 51.5 Å². The van der Waals surface area contributed by atoms with Gasteiger partial charge in [0.25, 0.3) is 0 Å². The van der Waals surface area contributed by atoms with Crippen LogP contribution in [0.4, 0.5) is 4.39 Å². The molecule has 0 radical (unpaired) electrons. The first-order valence-corrected chi connectivity index (χ1v) is 9.42. The summed E-state index contributed by atoms with van der Waals surface area (Å²) in [5, 5.41) is 0. The van der Waals surface area contributed by atoms with Gasteiger partial charge in [0.05, 0.1) is 6.61 Å². The van der Waals surface area contributed by atoms with E-state index >= 15 is 0 Å². The van der Waals surface area contributed by atoms with Crippen LogP contribution < -0.4 is 0 Å². The molecule has 0 N–H and O–H groups in total. The molecular weight excluding hydrogens is 303 g/mol. The average Bonchev–Trinajstić information content (AvgIpc) is 3.07. The van der Waals surface area contributed by atoms with Gasteiger partial charge in [0, 0.05) is 26.2 Å². The molecule has 0 aliphatic carbocycles. The Balaban J connectivity index is 1.33. The first-order chi connectivity index (χ1) is 11.7. The number of rotatable bonds is 7. The molecule has 0 amide bonds. The summed E-state index contributed by atoms with van der Waals surface area (Å²) in [6, 6.07) is 7.01. The third-order valence-corrected chi connectivity index (χ3v) is 5.48. The predicted octanol–water partition coefficient (Wildman–Crippen LogP) is 3.05. The molecule has 24 heavy (non-hydrogen) atoms. The summed E-state index contributed by atoms with van der Waals surface area (Å²) in [4.78, 5) is 5.04. The largest absolute Gasteiger partial charge is 0.381 e. The lowest BCUT2D eigenvalue weighted by Crippen LogP contribution is -2.39. The van der Waals surface area contributed by atoms with Gasteiger partial charge in [0.15, 0.2) is 0 Å². The molecular formula is C20H31FN2O. The molecule has 4 heteroatoms. The van der Waals surface area contributed by atoms with Crippen LogP contribution in [0.1, 0.15) is 24.8 Å². The van der Waals surface area contributed by atoms with E-state index in [9.17, 15) is 4.39 Å². The van der Waals surface area contributed by atoms with Gasteiger partial charge in [-0.2, -0.15) is 0 Å². The molecule has 0 aromatic heterocycles. The standard InChI is InChI=1S/C20H31FN2O/c1-22(15-19-8-12-24-16-19)14-18-6-10-23(11-7-18)9-5-17-3-2-4-20(21)13-17/h2-4,13,18-19H,5-12,14-16H2,1H3. The lowest BCUT2D eigenvalue weighted by Gasteiger charge is -2.34. The van der Waals surface area contributed by atoms with Crippen LogP contribution in [0.3, 0.4) is 0 Å². The molecule has 1 unspecified atom stereocenters. The topological polar surface area (TPSA) is 15.7 Å². The van der Waals surface area contributed by atoms with Crippen molar-refractivity contribution in [3.8, 4) is 0 Å². The molecule has 2 aliphatic rings. The van der Waals surface area contributed by atoms with E-state index in [4.69, 9.17) is 4.74 Å². The van der Waals surface area contributed by atoms with E-state index in [-0.39, 0.29) is 5.82 Å². The molecule has 0 saturated carbocycles. The maximum Gasteiger partial charge on any atom is 0.123 e. The first-order valence-electron chi connectivity index (χ1n) is 9.42. The number of benzene rings is 1. The first kappa shape index (κ1) is 17.8. The number of hydrogen-bond donors (Lipinski definition) is 0. The Morgan fingerprint density at radius 2 is 1.96 bits per heavy atom. The molecule has 2 aliphatic heterocycles. The molecule has 2 heterocycles. The summed E-state index contributed by atoms with van der Waals surface area (Å²) < 4.78 is 18.7. The van der Waals surface area contributed by atoms with Crippen molar-refractivity contribution in [3.05, 3.63) is 35.6 Å². The molecule has 3 rings (SSSR count). The van der Waals surface area contributed by atoms with Gasteiger partial charge in [0.2, 0.25) is 0 Å². The molecule has 3 nitrogen and oxygen atoms in total. The monoisotopic (exact) mass is 334 g/mol. The van der Waals surface area contributed by atoms with Crippen molar-refractivity contribution < 1.29 is 9.13 Å². The summed E-state index contributed by atoms with van der Waals surface area (Å²) in [5.74, 6) is 1.44. The Morgan fingerprint density at radius 3 is 2.67 bits per heavy atom. The van der Waals surface area contributed by atoms with Crippen LogP contribution in [-0.2, 0) is 11.2 Å². The van der Waals surface area contributed by atoms with Gasteiger partial charge in [-0.3, -0.25) is 0 Å². The van der Waals surface area contributed by atoms with E-state index in [1.54, 1.807) is 6.07 Å². The summed E-state index contributed by atoms with van der Waals surface area (Å²) in [5.41, 5.74) is 1.11. The summed E-state index contributed by atoms with van der Waals surface area (Å²) in [6.07, 6.45) is 4.75. The zero-order chi connectivity index (χ0) is 16.8. The number of hydrogen-bond acceptors (Lipinski definition) is 3. The average molecular weight is 334 g/mol. The van der Waals surface area contributed by atoms with Gasteiger partial charge in [-0.15, -0.1) is 0 Å². The molecule has 0 spiro atoms. The van der Waals surface area contributed by atoms with E-state index < -0.39 is 0 Å². The van der Waals surface area contributed by atoms with Gasteiger partial charge >= 0.3 is 0 Å². The minimum absolute atomic E-state index is 0.123. The molecule has 1 aromatic rings. The zero-order valence-corrected chi connectivity index (χ0v) is 14.9. The van der Waals surface area contributed by atoms with Crippen molar-refractivity contribution in [2.75, 3.05) is 53.0 Å². The van der Waals surface area contributed by atoms with E-state index in [2.05, 4.69) is 16.8 Å². The van der Waals surface area contributed by atoms with Crippen LogP contribution in [0, 0.1) is 17.7 Å². The Kier molecular flexibility index (Phi) is 6.64. The van der Waals surface area contributed by atoms with Crippen molar-refractivity contribution in [2.45, 2.75) is 25.7 Å². The van der Waals surface area contributed by atoms with Crippen LogP contribution in [-0.4, -0.2) is 62.8 Å². The number of ether oxygens (including phenoxy) is 1. The molecule has 1 aromatic carbocycles. The van der Waals surface area contributed by atoms with Gasteiger partial charge in [-0.25, -0.2) is 4.39 Å². The second kappa shape index (κ2) is 8.93. The summed E-state index contributed by atoms with van der Waals surface area (Å²) in [7, 11) is 2.26. The van der Waals surface area contributed by atoms with E-state index in [0.717, 1.165) is 43.6 Å². The molecule has 2 fully saturated rings. The highest BCUT2D eigenvalue weighted by molar-refractivity contribution is 5.16. The molecule has 2 saturated heterocycles. The highest BCUT2D eigenvalue weighted by Gasteiger charge is 2.22. The SMILES string of the molecule is CN(CC1CCN(CCc2cccc(F)c2)CC1)CC1CCOC1. The summed E-state index contributed by atoms with van der Waals surface area (Å²) in [6.45, 7) is 7.70. The lowest BCUT2D eigenvalue weighted by atomic mass is 9.95. The van der Waals surface area contributed by atoms with Crippen LogP contribution in [0.25, 0.3) is 0 Å². The number of nitrogens with zero attached hydrogens (tertiary/aromatic N) is 2. The van der Waals surface area contributed by atoms with Crippen LogP contribution in [0.5, 0.6) is 0 Å². The Morgan fingerprint density at radius 1 is 1.17 bits per heavy atom. The maximum absolute atomic E-state index is 13.2. The second-order valence-electron chi connectivity index (χ2n) is 7.62. The number of likely N-dealkylation sites (tertiary alicyclic amines) is 1. The fourth-order valence-electron chi connectivity index (χ4n) is 4.06. The molecule has 0 bridgehead atoms. The minimum Gasteiger partial charge on any atom is -0.381 e. The van der Waals surface area contributed by atoms with Crippen molar-refractivity contribution in [1.82, 2.24) is 9.80 Å². The van der Waals surface area contributed by atoms with Crippen LogP contribution in [0.15, 0.2) is 24.3 Å². The van der Waals surface area contributed by atoms with Crippen LogP contribution in [0.2, 0.25) is 0 Å². The quantitative estimate of drug-likeness (QED) is 0.762. The van der Waals surface area contributed by atoms with Crippen LogP contribution >= 0.6 is 0 Å². The smallest absolute Gasteiger partial charge is 0.123 e. The molecule has 1 atom stereocenters. The normalized spacial score (nSPS) is 23.2. The third-order valence-electron chi connectivity index (χ3n) is 5.48.